The van der Waals surface area contributed by atoms with Crippen LogP contribution in [0.15, 0.2) is 40.9 Å². The normalized spacial score (nSPS) is 9.95. The monoisotopic (exact) mass is 365 g/mol. The second-order valence-electron chi connectivity index (χ2n) is 4.23. The first-order valence-electron chi connectivity index (χ1n) is 5.87. The van der Waals surface area contributed by atoms with Crippen molar-refractivity contribution in [3.8, 4) is 6.07 Å². The van der Waals surface area contributed by atoms with Gasteiger partial charge in [-0.05, 0) is 29.8 Å². The molecule has 0 spiro atoms. The molecule has 0 aliphatic carbocycles. The second kappa shape index (κ2) is 6.57. The summed E-state index contributed by atoms with van der Waals surface area (Å²) in [5.41, 5.74) is 1.91. The number of anilines is 1. The van der Waals surface area contributed by atoms with Crippen molar-refractivity contribution < 1.29 is 4.92 Å². The van der Waals surface area contributed by atoms with Crippen LogP contribution in [0, 0.1) is 21.4 Å². The van der Waals surface area contributed by atoms with Crippen LogP contribution in [0.25, 0.3) is 0 Å². The molecule has 0 heterocycles. The standard InChI is InChI=1S/C14H9BrClN3O2/c15-11-3-10(4-12(6-11)19(20)21)8-18-14-2-1-9(7-17)5-13(14)16/h1-6,18H,8H2. The van der Waals surface area contributed by atoms with Gasteiger partial charge in [-0.3, -0.25) is 10.1 Å². The fraction of sp³-hybridized carbons (Fsp3) is 0.0714. The Morgan fingerprint density at radius 1 is 1.33 bits per heavy atom. The van der Waals surface area contributed by atoms with Crippen molar-refractivity contribution in [3.63, 3.8) is 0 Å². The fourth-order valence-electron chi connectivity index (χ4n) is 1.77. The van der Waals surface area contributed by atoms with Crippen LogP contribution < -0.4 is 5.32 Å². The molecule has 0 aliphatic heterocycles. The van der Waals surface area contributed by atoms with Crippen molar-refractivity contribution in [3.05, 3.63) is 67.1 Å². The van der Waals surface area contributed by atoms with Gasteiger partial charge in [0, 0.05) is 23.2 Å². The van der Waals surface area contributed by atoms with Crippen LogP contribution >= 0.6 is 27.5 Å². The third-order valence-corrected chi connectivity index (χ3v) is 3.50. The van der Waals surface area contributed by atoms with E-state index in [-0.39, 0.29) is 5.69 Å². The smallest absolute Gasteiger partial charge is 0.270 e. The van der Waals surface area contributed by atoms with Gasteiger partial charge in [0.2, 0.25) is 0 Å². The molecule has 7 heteroatoms. The SMILES string of the molecule is N#Cc1ccc(NCc2cc(Br)cc([N+](=O)[O-])c2)c(Cl)c1. The summed E-state index contributed by atoms with van der Waals surface area (Å²) >= 11 is 9.30. The summed E-state index contributed by atoms with van der Waals surface area (Å²) in [7, 11) is 0. The Hall–Kier alpha value is -2.10. The molecule has 1 N–H and O–H groups in total. The summed E-state index contributed by atoms with van der Waals surface area (Å²) in [6.45, 7) is 0.381. The molecule has 106 valence electrons. The fourth-order valence-corrected chi connectivity index (χ4v) is 2.54. The van der Waals surface area contributed by atoms with E-state index < -0.39 is 4.92 Å². The highest BCUT2D eigenvalue weighted by atomic mass is 79.9. The van der Waals surface area contributed by atoms with E-state index in [2.05, 4.69) is 21.2 Å². The first-order chi connectivity index (χ1) is 9.99. The molecule has 0 radical (unpaired) electrons. The highest BCUT2D eigenvalue weighted by molar-refractivity contribution is 9.10. The van der Waals surface area contributed by atoms with Crippen LogP contribution in [0.3, 0.4) is 0 Å². The van der Waals surface area contributed by atoms with Gasteiger partial charge >= 0.3 is 0 Å². The van der Waals surface area contributed by atoms with E-state index in [0.717, 1.165) is 5.56 Å². The van der Waals surface area contributed by atoms with Crippen LogP contribution in [0.5, 0.6) is 0 Å². The minimum absolute atomic E-state index is 0.0205. The number of hydrogen-bond acceptors (Lipinski definition) is 4. The van der Waals surface area contributed by atoms with Gasteiger partial charge in [0.05, 0.1) is 27.3 Å². The van der Waals surface area contributed by atoms with Crippen molar-refractivity contribution >= 4 is 38.9 Å². The molecule has 2 aromatic rings. The Bertz CT molecular complexity index is 743. The van der Waals surface area contributed by atoms with Gasteiger partial charge in [-0.2, -0.15) is 5.26 Å². The van der Waals surface area contributed by atoms with Crippen molar-refractivity contribution in [1.82, 2.24) is 0 Å². The van der Waals surface area contributed by atoms with Gasteiger partial charge in [-0.25, -0.2) is 0 Å². The highest BCUT2D eigenvalue weighted by Gasteiger charge is 2.09. The number of nitro benzene ring substituents is 1. The van der Waals surface area contributed by atoms with Crippen molar-refractivity contribution in [2.24, 2.45) is 0 Å². The summed E-state index contributed by atoms with van der Waals surface area (Å²) in [5.74, 6) is 0. The van der Waals surface area contributed by atoms with Gasteiger partial charge in [-0.15, -0.1) is 0 Å². The Balaban J connectivity index is 2.17. The molecular formula is C14H9BrClN3O2. The zero-order valence-corrected chi connectivity index (χ0v) is 13.0. The van der Waals surface area contributed by atoms with E-state index in [4.69, 9.17) is 16.9 Å². The molecule has 5 nitrogen and oxygen atoms in total. The zero-order chi connectivity index (χ0) is 15.4. The Morgan fingerprint density at radius 3 is 2.71 bits per heavy atom. The number of nitrogens with zero attached hydrogens (tertiary/aromatic N) is 2. The van der Waals surface area contributed by atoms with E-state index in [9.17, 15) is 10.1 Å². The predicted molar refractivity (Wildman–Crippen MR) is 84.3 cm³/mol. The lowest BCUT2D eigenvalue weighted by atomic mass is 10.2. The molecular weight excluding hydrogens is 358 g/mol. The maximum Gasteiger partial charge on any atom is 0.270 e. The van der Waals surface area contributed by atoms with E-state index in [0.29, 0.717) is 27.3 Å². The number of rotatable bonds is 4. The summed E-state index contributed by atoms with van der Waals surface area (Å²) in [6.07, 6.45) is 0. The summed E-state index contributed by atoms with van der Waals surface area (Å²) in [6, 6.07) is 11.6. The number of benzene rings is 2. The number of nitrogens with one attached hydrogen (secondary N) is 1. The molecule has 0 aromatic heterocycles. The van der Waals surface area contributed by atoms with E-state index in [1.807, 2.05) is 6.07 Å². The minimum atomic E-state index is -0.442. The molecule has 21 heavy (non-hydrogen) atoms. The first-order valence-corrected chi connectivity index (χ1v) is 7.04. The molecule has 2 aromatic carbocycles. The molecule has 0 bridgehead atoms. The third kappa shape index (κ3) is 3.94. The summed E-state index contributed by atoms with van der Waals surface area (Å²) in [5, 5.41) is 23.1. The Kier molecular flexibility index (Phi) is 4.78. The van der Waals surface area contributed by atoms with Gasteiger partial charge in [0.1, 0.15) is 0 Å². The van der Waals surface area contributed by atoms with Gasteiger partial charge in [-0.1, -0.05) is 27.5 Å². The predicted octanol–water partition coefficient (Wildman–Crippen LogP) is 4.49. The van der Waals surface area contributed by atoms with Gasteiger partial charge in [0.15, 0.2) is 0 Å². The number of non-ortho nitro benzene ring substituents is 1. The summed E-state index contributed by atoms with van der Waals surface area (Å²) in [4.78, 5) is 10.4. The van der Waals surface area contributed by atoms with Crippen molar-refractivity contribution in [2.45, 2.75) is 6.54 Å². The molecule has 0 saturated carbocycles. The molecule has 0 aliphatic rings. The molecule has 0 fully saturated rings. The maximum atomic E-state index is 10.8. The molecule has 0 saturated heterocycles. The highest BCUT2D eigenvalue weighted by Crippen LogP contribution is 2.25. The van der Waals surface area contributed by atoms with Crippen LogP contribution in [-0.2, 0) is 6.54 Å². The number of hydrogen-bond donors (Lipinski definition) is 1. The van der Waals surface area contributed by atoms with Crippen LogP contribution in [0.1, 0.15) is 11.1 Å². The van der Waals surface area contributed by atoms with Crippen LogP contribution in [0.2, 0.25) is 5.02 Å². The van der Waals surface area contributed by atoms with Crippen LogP contribution in [0.4, 0.5) is 11.4 Å². The topological polar surface area (TPSA) is 79.0 Å². The Morgan fingerprint density at radius 2 is 2.10 bits per heavy atom. The number of halogens is 2. The van der Waals surface area contributed by atoms with Gasteiger partial charge in [0.25, 0.3) is 5.69 Å². The zero-order valence-electron chi connectivity index (χ0n) is 10.6. The lowest BCUT2D eigenvalue weighted by Crippen LogP contribution is -2.01. The van der Waals surface area contributed by atoms with E-state index in [1.54, 1.807) is 24.3 Å². The lowest BCUT2D eigenvalue weighted by molar-refractivity contribution is -0.385. The molecule has 0 atom stereocenters. The van der Waals surface area contributed by atoms with E-state index >= 15 is 0 Å². The number of nitro groups is 1. The molecule has 0 unspecified atom stereocenters. The molecule has 0 amide bonds. The van der Waals surface area contributed by atoms with E-state index in [1.165, 1.54) is 12.1 Å². The quantitative estimate of drug-likeness (QED) is 0.638. The average molecular weight is 367 g/mol. The number of nitriles is 1. The maximum absolute atomic E-state index is 10.8. The van der Waals surface area contributed by atoms with Crippen molar-refractivity contribution in [1.29, 1.82) is 5.26 Å². The second-order valence-corrected chi connectivity index (χ2v) is 5.56. The average Bonchev–Trinajstić information content (AvgIpc) is 2.45. The third-order valence-electron chi connectivity index (χ3n) is 2.73. The summed E-state index contributed by atoms with van der Waals surface area (Å²) < 4.78 is 0.638. The minimum Gasteiger partial charge on any atom is -0.380 e. The largest absolute Gasteiger partial charge is 0.380 e. The van der Waals surface area contributed by atoms with Gasteiger partial charge < -0.3 is 5.32 Å². The first kappa shape index (κ1) is 15.3. The van der Waals surface area contributed by atoms with Crippen molar-refractivity contribution in [2.75, 3.05) is 5.32 Å². The lowest BCUT2D eigenvalue weighted by Gasteiger charge is -2.09. The van der Waals surface area contributed by atoms with Crippen LogP contribution in [-0.4, -0.2) is 4.92 Å². The molecule has 2 rings (SSSR count). The Labute approximate surface area is 134 Å².